The minimum atomic E-state index is -3.71. The molecule has 2 fully saturated rings. The van der Waals surface area contributed by atoms with Crippen molar-refractivity contribution in [3.05, 3.63) is 54.1 Å². The van der Waals surface area contributed by atoms with Crippen LogP contribution < -0.4 is 10.1 Å². The lowest BCUT2D eigenvalue weighted by Gasteiger charge is -2.32. The topological polar surface area (TPSA) is 99.3 Å². The number of nitrogens with zero attached hydrogens (tertiary/aromatic N) is 3. The maximum Gasteiger partial charge on any atom is 0.253 e. The normalized spacial score (nSPS) is 19.6. The average molecular weight is 515 g/mol. The van der Waals surface area contributed by atoms with Crippen LogP contribution in [0.4, 0.5) is 5.69 Å². The molecule has 0 radical (unpaired) electrons. The predicted octanol–water partition coefficient (Wildman–Crippen LogP) is 2.51. The zero-order chi connectivity index (χ0) is 25.7. The molecule has 0 bridgehead atoms. The molecule has 0 unspecified atom stereocenters. The van der Waals surface area contributed by atoms with E-state index in [0.717, 1.165) is 13.1 Å². The number of amides is 2. The van der Waals surface area contributed by atoms with Crippen LogP contribution in [0.2, 0.25) is 0 Å². The number of likely N-dealkylation sites (N-methyl/N-ethyl adjacent to an activating group) is 1. The predicted molar refractivity (Wildman–Crippen MR) is 138 cm³/mol. The van der Waals surface area contributed by atoms with Crippen molar-refractivity contribution in [2.24, 2.45) is 5.92 Å². The second-order valence-electron chi connectivity index (χ2n) is 9.27. The van der Waals surface area contributed by atoms with Crippen molar-refractivity contribution in [3.63, 3.8) is 0 Å². The summed E-state index contributed by atoms with van der Waals surface area (Å²) in [6.45, 7) is 5.98. The van der Waals surface area contributed by atoms with Crippen LogP contribution in [0.15, 0.2) is 53.4 Å². The molecule has 2 aromatic rings. The number of piperidine rings is 1. The highest BCUT2D eigenvalue weighted by Crippen LogP contribution is 2.26. The number of nitrogens with one attached hydrogen (secondary N) is 1. The minimum Gasteiger partial charge on any atom is -0.494 e. The highest BCUT2D eigenvalue weighted by Gasteiger charge is 2.33. The summed E-state index contributed by atoms with van der Waals surface area (Å²) in [6.07, 6.45) is 1.22. The van der Waals surface area contributed by atoms with Crippen molar-refractivity contribution in [1.29, 1.82) is 0 Å². The van der Waals surface area contributed by atoms with Gasteiger partial charge in [-0.15, -0.1) is 0 Å². The Balaban J connectivity index is 1.36. The van der Waals surface area contributed by atoms with E-state index in [1.54, 1.807) is 36.4 Å². The van der Waals surface area contributed by atoms with E-state index in [0.29, 0.717) is 56.1 Å². The minimum absolute atomic E-state index is 0.0107. The van der Waals surface area contributed by atoms with Crippen molar-refractivity contribution < 1.29 is 22.7 Å². The monoisotopic (exact) mass is 514 g/mol. The molecule has 2 amide bonds. The van der Waals surface area contributed by atoms with Crippen LogP contribution in [0.3, 0.4) is 0 Å². The molecule has 1 atom stereocenters. The van der Waals surface area contributed by atoms with Crippen LogP contribution in [0.1, 0.15) is 30.1 Å². The van der Waals surface area contributed by atoms with Gasteiger partial charge in [-0.3, -0.25) is 9.59 Å². The Morgan fingerprint density at radius 1 is 0.972 bits per heavy atom. The molecule has 0 aromatic heterocycles. The molecule has 2 aliphatic heterocycles. The van der Waals surface area contributed by atoms with E-state index in [1.165, 1.54) is 16.4 Å². The maximum atomic E-state index is 13.1. The number of carbonyl (C=O) groups is 2. The Morgan fingerprint density at radius 3 is 2.28 bits per heavy atom. The SMILES string of the molecule is CCOc1ccc(S(=O)(=O)N2CCC[C@@H](C(=O)Nc3ccc(C(=O)N4CCN(C)CC4)cc3)C2)cc1. The number of hydrogen-bond donors (Lipinski definition) is 1. The summed E-state index contributed by atoms with van der Waals surface area (Å²) in [5, 5.41) is 2.89. The molecule has 0 spiro atoms. The van der Waals surface area contributed by atoms with Gasteiger partial charge < -0.3 is 19.9 Å². The molecule has 4 rings (SSSR count). The summed E-state index contributed by atoms with van der Waals surface area (Å²) in [5.41, 5.74) is 1.17. The number of hydrogen-bond acceptors (Lipinski definition) is 6. The fourth-order valence-electron chi connectivity index (χ4n) is 4.53. The molecule has 1 N–H and O–H groups in total. The van der Waals surface area contributed by atoms with E-state index in [4.69, 9.17) is 4.74 Å². The Hall–Kier alpha value is -2.95. The zero-order valence-corrected chi connectivity index (χ0v) is 21.7. The Morgan fingerprint density at radius 2 is 1.64 bits per heavy atom. The number of ether oxygens (including phenoxy) is 1. The molecule has 2 saturated heterocycles. The van der Waals surface area contributed by atoms with Crippen LogP contribution in [0, 0.1) is 5.92 Å². The summed E-state index contributed by atoms with van der Waals surface area (Å²) >= 11 is 0. The average Bonchev–Trinajstić information content (AvgIpc) is 2.90. The fourth-order valence-corrected chi connectivity index (χ4v) is 6.05. The van der Waals surface area contributed by atoms with Gasteiger partial charge in [0.25, 0.3) is 5.91 Å². The lowest BCUT2D eigenvalue weighted by Crippen LogP contribution is -2.47. The fraction of sp³-hybridized carbons (Fsp3) is 0.462. The number of benzene rings is 2. The summed E-state index contributed by atoms with van der Waals surface area (Å²) < 4.78 is 33.1. The van der Waals surface area contributed by atoms with Gasteiger partial charge in [-0.1, -0.05) is 0 Å². The first kappa shape index (κ1) is 26.1. The maximum absolute atomic E-state index is 13.1. The van der Waals surface area contributed by atoms with Gasteiger partial charge in [0, 0.05) is 50.5 Å². The number of sulfonamides is 1. The van der Waals surface area contributed by atoms with Crippen molar-refractivity contribution in [2.75, 3.05) is 58.2 Å². The lowest BCUT2D eigenvalue weighted by atomic mass is 9.98. The second kappa shape index (κ2) is 11.4. The summed E-state index contributed by atoms with van der Waals surface area (Å²) in [4.78, 5) is 29.9. The molecule has 2 aromatic carbocycles. The molecule has 194 valence electrons. The van der Waals surface area contributed by atoms with Crippen molar-refractivity contribution in [2.45, 2.75) is 24.7 Å². The highest BCUT2D eigenvalue weighted by molar-refractivity contribution is 7.89. The lowest BCUT2D eigenvalue weighted by molar-refractivity contribution is -0.120. The quantitative estimate of drug-likeness (QED) is 0.610. The molecule has 9 nitrogen and oxygen atoms in total. The van der Waals surface area contributed by atoms with E-state index in [9.17, 15) is 18.0 Å². The van der Waals surface area contributed by atoms with E-state index in [2.05, 4.69) is 10.2 Å². The van der Waals surface area contributed by atoms with Crippen LogP contribution in [0.25, 0.3) is 0 Å². The molecular weight excluding hydrogens is 480 g/mol. The first-order valence-electron chi connectivity index (χ1n) is 12.4. The molecule has 36 heavy (non-hydrogen) atoms. The van der Waals surface area contributed by atoms with Crippen molar-refractivity contribution in [1.82, 2.24) is 14.1 Å². The first-order chi connectivity index (χ1) is 17.3. The van der Waals surface area contributed by atoms with Gasteiger partial charge in [-0.05, 0) is 75.3 Å². The third kappa shape index (κ3) is 6.05. The molecule has 10 heteroatoms. The zero-order valence-electron chi connectivity index (χ0n) is 20.9. The molecule has 2 heterocycles. The van der Waals surface area contributed by atoms with Gasteiger partial charge in [0.1, 0.15) is 5.75 Å². The van der Waals surface area contributed by atoms with E-state index < -0.39 is 15.9 Å². The smallest absolute Gasteiger partial charge is 0.253 e. The molecule has 0 saturated carbocycles. The van der Waals surface area contributed by atoms with Crippen LogP contribution >= 0.6 is 0 Å². The van der Waals surface area contributed by atoms with E-state index in [1.807, 2.05) is 18.9 Å². The number of piperazine rings is 1. The van der Waals surface area contributed by atoms with Gasteiger partial charge in [0.2, 0.25) is 15.9 Å². The van der Waals surface area contributed by atoms with Gasteiger partial charge in [0.05, 0.1) is 17.4 Å². The van der Waals surface area contributed by atoms with Crippen LogP contribution in [0.5, 0.6) is 5.75 Å². The standard InChI is InChI=1S/C26H34N4O5S/c1-3-35-23-10-12-24(13-11-23)36(33,34)30-14-4-5-21(19-30)25(31)27-22-8-6-20(7-9-22)26(32)29-17-15-28(2)16-18-29/h6-13,21H,3-5,14-19H2,1-2H3,(H,27,31)/t21-/m1/s1. The van der Waals surface area contributed by atoms with Crippen LogP contribution in [-0.2, 0) is 14.8 Å². The van der Waals surface area contributed by atoms with E-state index >= 15 is 0 Å². The van der Waals surface area contributed by atoms with Crippen LogP contribution in [-0.4, -0.2) is 87.3 Å². The molecule has 2 aliphatic rings. The summed E-state index contributed by atoms with van der Waals surface area (Å²) in [6, 6.07) is 13.2. The third-order valence-corrected chi connectivity index (χ3v) is 8.60. The Labute approximate surface area is 213 Å². The first-order valence-corrected chi connectivity index (χ1v) is 13.8. The van der Waals surface area contributed by atoms with Gasteiger partial charge >= 0.3 is 0 Å². The van der Waals surface area contributed by atoms with Gasteiger partial charge in [-0.25, -0.2) is 8.42 Å². The van der Waals surface area contributed by atoms with Crippen molar-refractivity contribution >= 4 is 27.5 Å². The van der Waals surface area contributed by atoms with E-state index in [-0.39, 0.29) is 23.3 Å². The number of carbonyl (C=O) groups excluding carboxylic acids is 2. The highest BCUT2D eigenvalue weighted by atomic mass is 32.2. The Bertz CT molecular complexity index is 1160. The molecule has 0 aliphatic carbocycles. The number of anilines is 1. The summed E-state index contributed by atoms with van der Waals surface area (Å²) in [7, 11) is -1.67. The van der Waals surface area contributed by atoms with Gasteiger partial charge in [0.15, 0.2) is 0 Å². The second-order valence-corrected chi connectivity index (χ2v) is 11.2. The largest absolute Gasteiger partial charge is 0.494 e. The van der Waals surface area contributed by atoms with Gasteiger partial charge in [-0.2, -0.15) is 4.31 Å². The third-order valence-electron chi connectivity index (χ3n) is 6.72. The molecular formula is C26H34N4O5S. The van der Waals surface area contributed by atoms with Crippen molar-refractivity contribution in [3.8, 4) is 5.75 Å². The summed E-state index contributed by atoms with van der Waals surface area (Å²) in [5.74, 6) is -0.0744. The Kier molecular flexibility index (Phi) is 8.28. The number of rotatable bonds is 7.